The molecule has 0 radical (unpaired) electrons. The van der Waals surface area contributed by atoms with Crippen LogP contribution in [0.3, 0.4) is 0 Å². The van der Waals surface area contributed by atoms with E-state index in [9.17, 15) is 4.79 Å². The lowest BCUT2D eigenvalue weighted by Crippen LogP contribution is -2.13. The van der Waals surface area contributed by atoms with Gasteiger partial charge >= 0.3 is 0 Å². The van der Waals surface area contributed by atoms with Gasteiger partial charge in [0.25, 0.3) is 0 Å². The van der Waals surface area contributed by atoms with Crippen LogP contribution in [0.5, 0.6) is 0 Å². The van der Waals surface area contributed by atoms with E-state index in [2.05, 4.69) is 5.32 Å². The number of carbonyl (C=O) groups excluding carboxylic acids is 1. The van der Waals surface area contributed by atoms with Crippen molar-refractivity contribution in [3.05, 3.63) is 29.3 Å². The maximum atomic E-state index is 10.8. The highest BCUT2D eigenvalue weighted by atomic mass is 16.7. The molecule has 0 aliphatic rings. The third kappa shape index (κ3) is 6.63. The summed E-state index contributed by atoms with van der Waals surface area (Å²) in [5, 5.41) is 12.2. The minimum atomic E-state index is -0.0936. The van der Waals surface area contributed by atoms with Gasteiger partial charge < -0.3 is 24.6 Å². The van der Waals surface area contributed by atoms with Crippen molar-refractivity contribution >= 4 is 12.0 Å². The highest BCUT2D eigenvalue weighted by Crippen LogP contribution is 2.13. The molecule has 1 rings (SSSR count). The largest absolute Gasteiger partial charge is 0.392 e. The van der Waals surface area contributed by atoms with E-state index < -0.39 is 0 Å². The fourth-order valence-corrected chi connectivity index (χ4v) is 1.61. The van der Waals surface area contributed by atoms with E-state index in [1.807, 2.05) is 0 Å². The van der Waals surface area contributed by atoms with Crippen LogP contribution in [0, 0.1) is 0 Å². The first-order valence-corrected chi connectivity index (χ1v) is 6.38. The summed E-state index contributed by atoms with van der Waals surface area (Å²) in [6, 6.07) is 5.18. The maximum absolute atomic E-state index is 10.8. The van der Waals surface area contributed by atoms with Crippen molar-refractivity contribution in [2.75, 3.05) is 45.6 Å². The molecule has 6 heteroatoms. The van der Waals surface area contributed by atoms with Crippen molar-refractivity contribution in [2.24, 2.45) is 0 Å². The minimum absolute atomic E-state index is 0.0936. The van der Waals surface area contributed by atoms with Gasteiger partial charge in [0.15, 0.2) is 0 Å². The van der Waals surface area contributed by atoms with Crippen molar-refractivity contribution in [2.45, 2.75) is 6.61 Å². The molecule has 0 heterocycles. The maximum Gasteiger partial charge on any atom is 0.150 e. The van der Waals surface area contributed by atoms with Gasteiger partial charge in [-0.3, -0.25) is 4.79 Å². The number of carbonyl (C=O) groups is 1. The fraction of sp³-hybridized carbons (Fsp3) is 0.500. The van der Waals surface area contributed by atoms with Gasteiger partial charge in [0.1, 0.15) is 13.1 Å². The number of methoxy groups -OCH3 is 1. The summed E-state index contributed by atoms with van der Waals surface area (Å²) in [4.78, 5) is 10.8. The Morgan fingerprint density at radius 1 is 1.20 bits per heavy atom. The monoisotopic (exact) mass is 283 g/mol. The molecule has 20 heavy (non-hydrogen) atoms. The zero-order valence-corrected chi connectivity index (χ0v) is 11.6. The Balaban J connectivity index is 2.23. The first-order valence-electron chi connectivity index (χ1n) is 6.38. The molecule has 0 saturated heterocycles. The number of rotatable bonds is 11. The summed E-state index contributed by atoms with van der Waals surface area (Å²) in [7, 11) is 1.57. The number of aldehydes is 1. The van der Waals surface area contributed by atoms with Crippen LogP contribution in [0.1, 0.15) is 15.9 Å². The number of ether oxygens (including phenoxy) is 3. The number of anilines is 1. The molecule has 6 nitrogen and oxygen atoms in total. The molecule has 0 saturated carbocycles. The third-order valence-electron chi connectivity index (χ3n) is 2.48. The number of nitrogens with one attached hydrogen (secondary N) is 1. The summed E-state index contributed by atoms with van der Waals surface area (Å²) in [6.07, 6.45) is 0.758. The standard InChI is InChI=1S/C14H21NO5/c1-18-11-20-5-4-19-3-2-15-14-7-12(9-16)6-13(8-14)10-17/h6-9,15,17H,2-5,10-11H2,1H3. The van der Waals surface area contributed by atoms with Crippen LogP contribution >= 0.6 is 0 Å². The van der Waals surface area contributed by atoms with Gasteiger partial charge in [-0.25, -0.2) is 0 Å². The Morgan fingerprint density at radius 3 is 2.70 bits per heavy atom. The Bertz CT molecular complexity index is 397. The van der Waals surface area contributed by atoms with E-state index >= 15 is 0 Å². The first-order chi connectivity index (χ1) is 9.80. The molecular formula is C14H21NO5. The number of benzene rings is 1. The van der Waals surface area contributed by atoms with Gasteiger partial charge in [-0.15, -0.1) is 0 Å². The van der Waals surface area contributed by atoms with Gasteiger partial charge in [0.05, 0.1) is 26.4 Å². The van der Waals surface area contributed by atoms with Crippen LogP contribution in [0.25, 0.3) is 0 Å². The lowest BCUT2D eigenvalue weighted by Gasteiger charge is -2.09. The zero-order valence-electron chi connectivity index (χ0n) is 11.6. The molecule has 0 amide bonds. The molecule has 0 spiro atoms. The lowest BCUT2D eigenvalue weighted by atomic mass is 10.1. The quantitative estimate of drug-likeness (QED) is 0.359. The summed E-state index contributed by atoms with van der Waals surface area (Å²) in [6.45, 7) is 2.30. The van der Waals surface area contributed by atoms with Gasteiger partial charge in [0, 0.05) is 24.9 Å². The Labute approximate surface area is 118 Å². The van der Waals surface area contributed by atoms with Crippen LogP contribution in [-0.2, 0) is 20.8 Å². The molecule has 0 bridgehead atoms. The van der Waals surface area contributed by atoms with E-state index in [0.717, 1.165) is 12.0 Å². The number of aliphatic hydroxyl groups is 1. The molecule has 0 aliphatic heterocycles. The van der Waals surface area contributed by atoms with Crippen LogP contribution in [0.4, 0.5) is 5.69 Å². The molecule has 0 fully saturated rings. The lowest BCUT2D eigenvalue weighted by molar-refractivity contribution is -0.0498. The summed E-state index contributed by atoms with van der Waals surface area (Å²) in [5.74, 6) is 0. The smallest absolute Gasteiger partial charge is 0.150 e. The normalized spacial score (nSPS) is 10.5. The summed E-state index contributed by atoms with van der Waals surface area (Å²) in [5.41, 5.74) is 2.02. The second kappa shape index (κ2) is 10.3. The van der Waals surface area contributed by atoms with Gasteiger partial charge in [-0.1, -0.05) is 0 Å². The van der Waals surface area contributed by atoms with Gasteiger partial charge in [-0.05, 0) is 23.8 Å². The van der Waals surface area contributed by atoms with Crippen molar-refractivity contribution in [3.63, 3.8) is 0 Å². The first kappa shape index (κ1) is 16.6. The average Bonchev–Trinajstić information content (AvgIpc) is 2.49. The van der Waals surface area contributed by atoms with E-state index in [1.54, 1.807) is 25.3 Å². The van der Waals surface area contributed by atoms with E-state index in [1.165, 1.54) is 0 Å². The summed E-state index contributed by atoms with van der Waals surface area (Å²) >= 11 is 0. The van der Waals surface area contributed by atoms with Gasteiger partial charge in [-0.2, -0.15) is 0 Å². The second-order valence-electron chi connectivity index (χ2n) is 4.09. The molecule has 0 atom stereocenters. The highest BCUT2D eigenvalue weighted by Gasteiger charge is 2.00. The van der Waals surface area contributed by atoms with Crippen LogP contribution in [0.2, 0.25) is 0 Å². The second-order valence-corrected chi connectivity index (χ2v) is 4.09. The van der Waals surface area contributed by atoms with Crippen LogP contribution in [0.15, 0.2) is 18.2 Å². The van der Waals surface area contributed by atoms with Crippen molar-refractivity contribution in [3.8, 4) is 0 Å². The zero-order chi connectivity index (χ0) is 14.6. The topological polar surface area (TPSA) is 77.0 Å². The number of hydrogen-bond donors (Lipinski definition) is 2. The molecule has 1 aromatic rings. The Morgan fingerprint density at radius 2 is 2.00 bits per heavy atom. The average molecular weight is 283 g/mol. The van der Waals surface area contributed by atoms with Crippen molar-refractivity contribution in [1.29, 1.82) is 0 Å². The predicted molar refractivity (Wildman–Crippen MR) is 74.9 cm³/mol. The predicted octanol–water partition coefficient (Wildman–Crippen LogP) is 1.04. The Kier molecular flexibility index (Phi) is 8.57. The minimum Gasteiger partial charge on any atom is -0.392 e. The van der Waals surface area contributed by atoms with Crippen molar-refractivity contribution < 1.29 is 24.1 Å². The van der Waals surface area contributed by atoms with E-state index in [4.69, 9.17) is 19.3 Å². The number of hydrogen-bond acceptors (Lipinski definition) is 6. The Hall–Kier alpha value is -1.47. The SMILES string of the molecule is COCOCCOCCNc1cc(C=O)cc(CO)c1. The molecule has 1 aromatic carbocycles. The van der Waals surface area contributed by atoms with Crippen LogP contribution in [-0.4, -0.2) is 51.7 Å². The molecule has 0 unspecified atom stereocenters. The highest BCUT2D eigenvalue weighted by molar-refractivity contribution is 5.77. The summed E-state index contributed by atoms with van der Waals surface area (Å²) < 4.78 is 15.2. The molecular weight excluding hydrogens is 262 g/mol. The van der Waals surface area contributed by atoms with Crippen LogP contribution < -0.4 is 5.32 Å². The van der Waals surface area contributed by atoms with E-state index in [-0.39, 0.29) is 13.4 Å². The fourth-order valence-electron chi connectivity index (χ4n) is 1.61. The van der Waals surface area contributed by atoms with Crippen molar-refractivity contribution in [1.82, 2.24) is 0 Å². The molecule has 0 aromatic heterocycles. The molecule has 112 valence electrons. The van der Waals surface area contributed by atoms with E-state index in [0.29, 0.717) is 37.5 Å². The third-order valence-corrected chi connectivity index (χ3v) is 2.48. The van der Waals surface area contributed by atoms with Gasteiger partial charge in [0.2, 0.25) is 0 Å². The molecule has 0 aliphatic carbocycles. The molecule has 2 N–H and O–H groups in total. The number of aliphatic hydroxyl groups excluding tert-OH is 1.